The Morgan fingerprint density at radius 1 is 1.13 bits per heavy atom. The molecule has 156 valence electrons. The minimum Gasteiger partial charge on any atom is -0.497 e. The van der Waals surface area contributed by atoms with E-state index in [4.69, 9.17) is 4.74 Å². The van der Waals surface area contributed by atoms with Crippen LogP contribution in [0.15, 0.2) is 79.9 Å². The molecule has 0 aliphatic rings. The number of halogens is 1. The maximum absolute atomic E-state index is 12.8. The van der Waals surface area contributed by atoms with Crippen molar-refractivity contribution in [1.29, 1.82) is 0 Å². The van der Waals surface area contributed by atoms with Gasteiger partial charge in [0.1, 0.15) is 12.3 Å². The highest BCUT2D eigenvalue weighted by molar-refractivity contribution is 9.10. The fourth-order valence-corrected chi connectivity index (χ4v) is 4.05. The maximum Gasteiger partial charge on any atom is 0.267 e. The second-order valence-corrected chi connectivity index (χ2v) is 9.07. The number of methoxy groups -OCH3 is 1. The average molecular weight is 492 g/mol. The van der Waals surface area contributed by atoms with Gasteiger partial charge in [0.2, 0.25) is 15.7 Å². The molecule has 3 rings (SSSR count). The number of hydrogen-bond donors (Lipinski definition) is 1. The Labute approximate surface area is 181 Å². The SMILES string of the molecule is COc1cccc(CNC(=O)Cn2nc(S(=O)(=O)c3ccc(Br)cc3)ccc2=O)c1. The molecular weight excluding hydrogens is 474 g/mol. The second kappa shape index (κ2) is 9.23. The molecule has 8 nitrogen and oxygen atoms in total. The summed E-state index contributed by atoms with van der Waals surface area (Å²) in [5, 5.41) is 6.25. The summed E-state index contributed by atoms with van der Waals surface area (Å²) in [5.74, 6) is 0.177. The van der Waals surface area contributed by atoms with Gasteiger partial charge in [0.15, 0.2) is 5.03 Å². The van der Waals surface area contributed by atoms with Crippen LogP contribution in [0.4, 0.5) is 0 Å². The Morgan fingerprint density at radius 2 is 1.87 bits per heavy atom. The van der Waals surface area contributed by atoms with Gasteiger partial charge in [-0.15, -0.1) is 0 Å². The van der Waals surface area contributed by atoms with Crippen LogP contribution >= 0.6 is 15.9 Å². The van der Waals surface area contributed by atoms with Gasteiger partial charge < -0.3 is 10.1 Å². The van der Waals surface area contributed by atoms with Crippen LogP contribution in [0.25, 0.3) is 0 Å². The van der Waals surface area contributed by atoms with Gasteiger partial charge in [-0.1, -0.05) is 28.1 Å². The Kier molecular flexibility index (Phi) is 6.68. The minimum atomic E-state index is -3.93. The van der Waals surface area contributed by atoms with E-state index in [-0.39, 0.29) is 16.5 Å². The third-order valence-corrected chi connectivity index (χ3v) is 6.35. The van der Waals surface area contributed by atoms with E-state index in [0.29, 0.717) is 5.75 Å². The number of nitrogens with zero attached hydrogens (tertiary/aromatic N) is 2. The molecule has 0 saturated heterocycles. The highest BCUT2D eigenvalue weighted by atomic mass is 79.9. The van der Waals surface area contributed by atoms with Crippen LogP contribution in [0.1, 0.15) is 5.56 Å². The van der Waals surface area contributed by atoms with Crippen molar-refractivity contribution in [3.63, 3.8) is 0 Å². The fourth-order valence-electron chi connectivity index (χ4n) is 2.60. The van der Waals surface area contributed by atoms with E-state index in [1.807, 2.05) is 6.07 Å². The van der Waals surface area contributed by atoms with Crippen molar-refractivity contribution in [2.75, 3.05) is 7.11 Å². The molecule has 2 aromatic carbocycles. The number of ether oxygens (including phenoxy) is 1. The molecule has 3 aromatic rings. The first kappa shape index (κ1) is 21.7. The van der Waals surface area contributed by atoms with E-state index in [1.54, 1.807) is 37.4 Å². The molecule has 30 heavy (non-hydrogen) atoms. The third-order valence-electron chi connectivity index (χ3n) is 4.16. The highest BCUT2D eigenvalue weighted by Crippen LogP contribution is 2.20. The summed E-state index contributed by atoms with van der Waals surface area (Å²) >= 11 is 3.25. The van der Waals surface area contributed by atoms with Gasteiger partial charge in [-0.25, -0.2) is 13.1 Å². The molecule has 0 spiro atoms. The molecule has 0 saturated carbocycles. The number of nitrogens with one attached hydrogen (secondary N) is 1. The van der Waals surface area contributed by atoms with Gasteiger partial charge >= 0.3 is 0 Å². The number of carbonyl (C=O) groups excluding carboxylic acids is 1. The Bertz CT molecular complexity index is 1220. The first-order valence-corrected chi connectivity index (χ1v) is 11.1. The lowest BCUT2D eigenvalue weighted by atomic mass is 10.2. The molecule has 0 fully saturated rings. The lowest BCUT2D eigenvalue weighted by Gasteiger charge is -2.09. The normalized spacial score (nSPS) is 11.1. The zero-order valence-corrected chi connectivity index (χ0v) is 18.3. The number of aromatic nitrogens is 2. The standard InChI is InChI=1S/C20H18BrN3O5S/c1-29-16-4-2-3-14(11-16)12-22-18(25)13-24-20(26)10-9-19(23-24)30(27,28)17-7-5-15(21)6-8-17/h2-11H,12-13H2,1H3,(H,22,25). The van der Waals surface area contributed by atoms with Crippen molar-refractivity contribution in [3.8, 4) is 5.75 Å². The Morgan fingerprint density at radius 3 is 2.57 bits per heavy atom. The molecule has 0 aliphatic heterocycles. The predicted octanol–water partition coefficient (Wildman–Crippen LogP) is 2.16. The molecule has 1 aromatic heterocycles. The topological polar surface area (TPSA) is 107 Å². The van der Waals surface area contributed by atoms with Crippen molar-refractivity contribution < 1.29 is 17.9 Å². The smallest absolute Gasteiger partial charge is 0.267 e. The summed E-state index contributed by atoms with van der Waals surface area (Å²) in [6.07, 6.45) is 0. The van der Waals surface area contributed by atoms with Crippen molar-refractivity contribution in [2.45, 2.75) is 23.0 Å². The minimum absolute atomic E-state index is 0.0332. The molecule has 0 atom stereocenters. The number of sulfone groups is 1. The first-order valence-electron chi connectivity index (χ1n) is 8.78. The number of carbonyl (C=O) groups is 1. The summed E-state index contributed by atoms with van der Waals surface area (Å²) in [5.41, 5.74) is 0.232. The molecule has 0 aliphatic carbocycles. The van der Waals surface area contributed by atoms with E-state index in [2.05, 4.69) is 26.3 Å². The second-order valence-electron chi connectivity index (χ2n) is 6.25. The van der Waals surface area contributed by atoms with E-state index >= 15 is 0 Å². The van der Waals surface area contributed by atoms with Crippen molar-refractivity contribution in [2.24, 2.45) is 0 Å². The molecule has 1 N–H and O–H groups in total. The molecule has 0 bridgehead atoms. The van der Waals surface area contributed by atoms with Crippen LogP contribution in [0, 0.1) is 0 Å². The molecule has 0 radical (unpaired) electrons. The number of hydrogen-bond acceptors (Lipinski definition) is 6. The summed E-state index contributed by atoms with van der Waals surface area (Å²) < 4.78 is 32.2. The van der Waals surface area contributed by atoms with Gasteiger partial charge in [0, 0.05) is 17.1 Å². The largest absolute Gasteiger partial charge is 0.497 e. The number of rotatable bonds is 7. The summed E-state index contributed by atoms with van der Waals surface area (Å²) in [4.78, 5) is 24.4. The zero-order chi connectivity index (χ0) is 21.7. The van der Waals surface area contributed by atoms with E-state index in [1.165, 1.54) is 12.1 Å². The molecule has 10 heteroatoms. The summed E-state index contributed by atoms with van der Waals surface area (Å²) in [6.45, 7) is -0.186. The summed E-state index contributed by atoms with van der Waals surface area (Å²) in [7, 11) is -2.38. The zero-order valence-electron chi connectivity index (χ0n) is 15.9. The lowest BCUT2D eigenvalue weighted by Crippen LogP contribution is -2.33. The van der Waals surface area contributed by atoms with Crippen LogP contribution in [0.3, 0.4) is 0 Å². The van der Waals surface area contributed by atoms with Crippen molar-refractivity contribution in [1.82, 2.24) is 15.1 Å². The van der Waals surface area contributed by atoms with Crippen LogP contribution in [0.5, 0.6) is 5.75 Å². The quantitative estimate of drug-likeness (QED) is 0.542. The molecule has 1 amide bonds. The first-order chi connectivity index (χ1) is 14.3. The predicted molar refractivity (Wildman–Crippen MR) is 113 cm³/mol. The van der Waals surface area contributed by atoms with E-state index in [0.717, 1.165) is 26.9 Å². The van der Waals surface area contributed by atoms with Crippen LogP contribution < -0.4 is 15.6 Å². The lowest BCUT2D eigenvalue weighted by molar-refractivity contribution is -0.122. The van der Waals surface area contributed by atoms with Gasteiger partial charge in [0.05, 0.1) is 12.0 Å². The maximum atomic E-state index is 12.8. The van der Waals surface area contributed by atoms with Crippen molar-refractivity contribution >= 4 is 31.7 Å². The highest BCUT2D eigenvalue weighted by Gasteiger charge is 2.21. The van der Waals surface area contributed by atoms with Crippen LogP contribution in [-0.2, 0) is 27.7 Å². The average Bonchev–Trinajstić information content (AvgIpc) is 2.74. The van der Waals surface area contributed by atoms with Gasteiger partial charge in [-0.3, -0.25) is 9.59 Å². The van der Waals surface area contributed by atoms with Crippen molar-refractivity contribution in [3.05, 3.63) is 81.1 Å². The van der Waals surface area contributed by atoms with Gasteiger partial charge in [-0.2, -0.15) is 5.10 Å². The number of amides is 1. The van der Waals surface area contributed by atoms with Crippen LogP contribution in [-0.4, -0.2) is 31.2 Å². The molecular formula is C20H18BrN3O5S. The van der Waals surface area contributed by atoms with Gasteiger partial charge in [-0.05, 0) is 48.0 Å². The fraction of sp³-hybridized carbons (Fsp3) is 0.150. The number of benzene rings is 2. The molecule has 0 unspecified atom stereocenters. The molecule has 1 heterocycles. The van der Waals surface area contributed by atoms with E-state index < -0.39 is 27.8 Å². The van der Waals surface area contributed by atoms with E-state index in [9.17, 15) is 18.0 Å². The van der Waals surface area contributed by atoms with Gasteiger partial charge in [0.25, 0.3) is 5.56 Å². The Hall–Kier alpha value is -2.98. The van der Waals surface area contributed by atoms with Crippen LogP contribution in [0.2, 0.25) is 0 Å². The summed E-state index contributed by atoms with van der Waals surface area (Å²) in [6, 6.07) is 15.4. The Balaban J connectivity index is 1.75. The monoisotopic (exact) mass is 491 g/mol. The third kappa shape index (κ3) is 5.14.